The average molecular weight is 365 g/mol. The topological polar surface area (TPSA) is 62.3 Å². The van der Waals surface area contributed by atoms with Gasteiger partial charge in [-0.25, -0.2) is 0 Å². The molecule has 1 heterocycles. The largest absolute Gasteiger partial charge is 0.416 e. The number of rotatable bonds is 6. The summed E-state index contributed by atoms with van der Waals surface area (Å²) in [4.78, 5) is 29.2. The fraction of sp³-hybridized carbons (Fsp3) is 0.278. The molecular weight excluding hydrogens is 347 g/mol. The number of halogens is 3. The Bertz CT molecular complexity index is 747. The van der Waals surface area contributed by atoms with Crippen LogP contribution in [0.15, 0.2) is 48.8 Å². The Morgan fingerprint density at radius 3 is 2.38 bits per heavy atom. The number of pyridine rings is 1. The predicted molar refractivity (Wildman–Crippen MR) is 89.1 cm³/mol. The highest BCUT2D eigenvalue weighted by atomic mass is 19.4. The van der Waals surface area contributed by atoms with Crippen LogP contribution in [0.4, 0.5) is 13.2 Å². The van der Waals surface area contributed by atoms with Gasteiger partial charge in [0.05, 0.1) is 5.56 Å². The SMILES string of the molecule is CC(=O)N(CCNC(=O)c1ccc(C(F)(F)F)cc1)Cc1cccnc1. The van der Waals surface area contributed by atoms with Gasteiger partial charge in [0, 0.05) is 44.5 Å². The van der Waals surface area contributed by atoms with Gasteiger partial charge < -0.3 is 10.2 Å². The van der Waals surface area contributed by atoms with Gasteiger partial charge in [0.2, 0.25) is 5.91 Å². The van der Waals surface area contributed by atoms with Crippen molar-refractivity contribution in [1.29, 1.82) is 0 Å². The van der Waals surface area contributed by atoms with Crippen LogP contribution in [0.3, 0.4) is 0 Å². The number of hydrogen-bond donors (Lipinski definition) is 1. The van der Waals surface area contributed by atoms with E-state index in [1.807, 2.05) is 6.07 Å². The van der Waals surface area contributed by atoms with E-state index in [0.717, 1.165) is 29.8 Å². The lowest BCUT2D eigenvalue weighted by Crippen LogP contribution is -2.37. The molecule has 0 fully saturated rings. The average Bonchev–Trinajstić information content (AvgIpc) is 2.61. The molecule has 0 saturated carbocycles. The summed E-state index contributed by atoms with van der Waals surface area (Å²) < 4.78 is 37.6. The first kappa shape index (κ1) is 19.4. The minimum atomic E-state index is -4.44. The normalized spacial score (nSPS) is 11.1. The zero-order valence-electron chi connectivity index (χ0n) is 14.1. The molecule has 2 rings (SSSR count). The van der Waals surface area contributed by atoms with Crippen molar-refractivity contribution < 1.29 is 22.8 Å². The third-order valence-corrected chi connectivity index (χ3v) is 3.68. The fourth-order valence-electron chi connectivity index (χ4n) is 2.28. The van der Waals surface area contributed by atoms with Crippen LogP contribution in [-0.2, 0) is 17.5 Å². The second kappa shape index (κ2) is 8.46. The summed E-state index contributed by atoms with van der Waals surface area (Å²) in [7, 11) is 0. The van der Waals surface area contributed by atoms with Crippen molar-refractivity contribution in [2.24, 2.45) is 0 Å². The summed E-state index contributed by atoms with van der Waals surface area (Å²) >= 11 is 0. The lowest BCUT2D eigenvalue weighted by Gasteiger charge is -2.21. The molecule has 0 aliphatic rings. The van der Waals surface area contributed by atoms with Gasteiger partial charge in [-0.1, -0.05) is 6.07 Å². The number of carbonyl (C=O) groups excluding carboxylic acids is 2. The van der Waals surface area contributed by atoms with E-state index in [1.165, 1.54) is 6.92 Å². The molecule has 5 nitrogen and oxygen atoms in total. The third-order valence-electron chi connectivity index (χ3n) is 3.68. The predicted octanol–water partition coefficient (Wildman–Crippen LogP) is 2.88. The number of carbonyl (C=O) groups is 2. The van der Waals surface area contributed by atoms with E-state index < -0.39 is 17.6 Å². The van der Waals surface area contributed by atoms with Gasteiger partial charge in [0.25, 0.3) is 5.91 Å². The molecule has 1 aromatic heterocycles. The van der Waals surface area contributed by atoms with Crippen LogP contribution >= 0.6 is 0 Å². The minimum absolute atomic E-state index is 0.125. The van der Waals surface area contributed by atoms with Crippen LogP contribution in [-0.4, -0.2) is 34.8 Å². The minimum Gasteiger partial charge on any atom is -0.350 e. The lowest BCUT2D eigenvalue weighted by molar-refractivity contribution is -0.137. The maximum absolute atomic E-state index is 12.5. The van der Waals surface area contributed by atoms with Crippen molar-refractivity contribution in [3.63, 3.8) is 0 Å². The molecule has 1 N–H and O–H groups in total. The van der Waals surface area contributed by atoms with E-state index in [2.05, 4.69) is 10.3 Å². The molecule has 0 bridgehead atoms. The zero-order chi connectivity index (χ0) is 19.2. The van der Waals surface area contributed by atoms with Crippen molar-refractivity contribution in [1.82, 2.24) is 15.2 Å². The van der Waals surface area contributed by atoms with E-state index in [4.69, 9.17) is 0 Å². The molecule has 0 unspecified atom stereocenters. The number of hydrogen-bond acceptors (Lipinski definition) is 3. The molecule has 0 saturated heterocycles. The number of nitrogens with zero attached hydrogens (tertiary/aromatic N) is 2. The van der Waals surface area contributed by atoms with E-state index in [0.29, 0.717) is 6.54 Å². The van der Waals surface area contributed by atoms with Crippen LogP contribution in [0.2, 0.25) is 0 Å². The lowest BCUT2D eigenvalue weighted by atomic mass is 10.1. The van der Waals surface area contributed by atoms with Gasteiger partial charge in [-0.15, -0.1) is 0 Å². The maximum Gasteiger partial charge on any atom is 0.416 e. The highest BCUT2D eigenvalue weighted by Crippen LogP contribution is 2.29. The zero-order valence-corrected chi connectivity index (χ0v) is 14.1. The highest BCUT2D eigenvalue weighted by Gasteiger charge is 2.30. The molecule has 26 heavy (non-hydrogen) atoms. The van der Waals surface area contributed by atoms with E-state index in [-0.39, 0.29) is 24.6 Å². The Morgan fingerprint density at radius 1 is 1.15 bits per heavy atom. The first-order chi connectivity index (χ1) is 12.3. The highest BCUT2D eigenvalue weighted by molar-refractivity contribution is 5.94. The Hall–Kier alpha value is -2.90. The molecule has 0 radical (unpaired) electrons. The second-order valence-corrected chi connectivity index (χ2v) is 5.63. The van der Waals surface area contributed by atoms with Gasteiger partial charge in [0.1, 0.15) is 0 Å². The van der Waals surface area contributed by atoms with Crippen LogP contribution < -0.4 is 5.32 Å². The first-order valence-corrected chi connectivity index (χ1v) is 7.87. The van der Waals surface area contributed by atoms with Gasteiger partial charge in [-0.2, -0.15) is 13.2 Å². The van der Waals surface area contributed by atoms with Gasteiger partial charge in [0.15, 0.2) is 0 Å². The third kappa shape index (κ3) is 5.58. The smallest absolute Gasteiger partial charge is 0.350 e. The van der Waals surface area contributed by atoms with Gasteiger partial charge in [-0.3, -0.25) is 14.6 Å². The number of aromatic nitrogens is 1. The molecule has 0 aliphatic carbocycles. The maximum atomic E-state index is 12.5. The Labute approximate surface area is 148 Å². The Morgan fingerprint density at radius 2 is 1.85 bits per heavy atom. The molecule has 1 aromatic carbocycles. The molecular formula is C18H18F3N3O2. The molecule has 0 aliphatic heterocycles. The standard InChI is InChI=1S/C18H18F3N3O2/c1-13(25)24(12-14-3-2-8-22-11-14)10-9-23-17(26)15-4-6-16(7-5-15)18(19,20)21/h2-8,11H,9-10,12H2,1H3,(H,23,26). The van der Waals surface area contributed by atoms with Crippen LogP contribution in [0.25, 0.3) is 0 Å². The number of amides is 2. The summed E-state index contributed by atoms with van der Waals surface area (Å²) in [6.07, 6.45) is -1.16. The first-order valence-electron chi connectivity index (χ1n) is 7.87. The van der Waals surface area contributed by atoms with E-state index in [1.54, 1.807) is 23.4 Å². The number of alkyl halides is 3. The number of benzene rings is 1. The van der Waals surface area contributed by atoms with E-state index in [9.17, 15) is 22.8 Å². The number of nitrogens with one attached hydrogen (secondary N) is 1. The second-order valence-electron chi connectivity index (χ2n) is 5.63. The van der Waals surface area contributed by atoms with Crippen LogP contribution in [0.5, 0.6) is 0 Å². The summed E-state index contributed by atoms with van der Waals surface area (Å²) in [5.41, 5.74) is 0.171. The van der Waals surface area contributed by atoms with Crippen molar-refractivity contribution in [2.75, 3.05) is 13.1 Å². The van der Waals surface area contributed by atoms with Crippen LogP contribution in [0.1, 0.15) is 28.4 Å². The monoisotopic (exact) mass is 365 g/mol. The molecule has 138 valence electrons. The molecule has 2 amide bonds. The van der Waals surface area contributed by atoms with Crippen molar-refractivity contribution in [2.45, 2.75) is 19.6 Å². The Kier molecular flexibility index (Phi) is 6.32. The fourth-order valence-corrected chi connectivity index (χ4v) is 2.28. The van der Waals surface area contributed by atoms with Crippen molar-refractivity contribution in [3.8, 4) is 0 Å². The summed E-state index contributed by atoms with van der Waals surface area (Å²) in [5.74, 6) is -0.652. The Balaban J connectivity index is 1.88. The van der Waals surface area contributed by atoms with Gasteiger partial charge >= 0.3 is 6.18 Å². The van der Waals surface area contributed by atoms with Crippen LogP contribution in [0, 0.1) is 0 Å². The molecule has 2 aromatic rings. The molecule has 0 atom stereocenters. The van der Waals surface area contributed by atoms with Gasteiger partial charge in [-0.05, 0) is 35.9 Å². The quantitative estimate of drug-likeness (QED) is 0.856. The summed E-state index contributed by atoms with van der Waals surface area (Å²) in [6, 6.07) is 7.56. The molecule has 8 heteroatoms. The summed E-state index contributed by atoms with van der Waals surface area (Å²) in [5, 5.41) is 2.60. The van der Waals surface area contributed by atoms with E-state index >= 15 is 0 Å². The molecule has 0 spiro atoms. The summed E-state index contributed by atoms with van der Waals surface area (Å²) in [6.45, 7) is 2.24. The van der Waals surface area contributed by atoms with Crippen molar-refractivity contribution in [3.05, 3.63) is 65.5 Å². The van der Waals surface area contributed by atoms with Crippen molar-refractivity contribution >= 4 is 11.8 Å².